The summed E-state index contributed by atoms with van der Waals surface area (Å²) < 4.78 is 0. The molecule has 0 radical (unpaired) electrons. The molecule has 2 N–H and O–H groups in total. The first kappa shape index (κ1) is 23.8. The zero-order valence-electron chi connectivity index (χ0n) is 19.9. The monoisotopic (exact) mass is 429 g/mol. The molecule has 1 aromatic heterocycles. The van der Waals surface area contributed by atoms with Gasteiger partial charge in [0.05, 0.1) is 6.54 Å². The van der Waals surface area contributed by atoms with Crippen LogP contribution in [0.1, 0.15) is 45.6 Å². The molecule has 2 aliphatic rings. The second-order valence-corrected chi connectivity index (χ2v) is 8.94. The second kappa shape index (κ2) is 12.9. The molecular weight excluding hydrogens is 386 g/mol. The van der Waals surface area contributed by atoms with E-state index in [4.69, 9.17) is 4.99 Å². The highest BCUT2D eigenvalue weighted by Gasteiger charge is 2.17. The molecule has 0 aromatic carbocycles. The average Bonchev–Trinajstić information content (AvgIpc) is 2.81. The van der Waals surface area contributed by atoms with Crippen molar-refractivity contribution < 1.29 is 0 Å². The maximum absolute atomic E-state index is 4.82. The van der Waals surface area contributed by atoms with E-state index >= 15 is 0 Å². The molecule has 174 valence electrons. The fourth-order valence-corrected chi connectivity index (χ4v) is 4.33. The topological polar surface area (TPSA) is 59.0 Å². The number of hydrogen-bond donors (Lipinski definition) is 2. The lowest BCUT2D eigenvalue weighted by Gasteiger charge is -2.34. The lowest BCUT2D eigenvalue weighted by molar-refractivity contribution is 0.191. The van der Waals surface area contributed by atoms with Gasteiger partial charge in [-0.25, -0.2) is 9.98 Å². The quantitative estimate of drug-likeness (QED) is 0.357. The van der Waals surface area contributed by atoms with E-state index in [1.54, 1.807) is 0 Å². The van der Waals surface area contributed by atoms with E-state index in [0.29, 0.717) is 6.54 Å². The summed E-state index contributed by atoms with van der Waals surface area (Å²) in [6.07, 6.45) is 5.77. The molecular formula is C24H43N7. The number of hydrogen-bond acceptors (Lipinski definition) is 5. The standard InChI is InChI=1S/C24H43N7/c1-4-25-24(27-10-6-12-30-13-8-21(3)9-14-30)28-20-22-7-11-26-23(19-22)31-17-15-29(5-2)16-18-31/h7,11,19,21H,4-6,8-10,12-18,20H2,1-3H3,(H2,25,27,28). The summed E-state index contributed by atoms with van der Waals surface area (Å²) in [7, 11) is 0. The van der Waals surface area contributed by atoms with Gasteiger partial charge in [-0.3, -0.25) is 0 Å². The minimum Gasteiger partial charge on any atom is -0.357 e. The Morgan fingerprint density at radius 2 is 1.84 bits per heavy atom. The number of pyridine rings is 1. The fraction of sp³-hybridized carbons (Fsp3) is 0.750. The molecule has 3 rings (SSSR count). The molecule has 0 spiro atoms. The molecule has 0 saturated carbocycles. The van der Waals surface area contributed by atoms with E-state index in [-0.39, 0.29) is 0 Å². The van der Waals surface area contributed by atoms with Crippen molar-refractivity contribution in [3.8, 4) is 0 Å². The molecule has 7 nitrogen and oxygen atoms in total. The van der Waals surface area contributed by atoms with Gasteiger partial charge in [-0.2, -0.15) is 0 Å². The van der Waals surface area contributed by atoms with Crippen molar-refractivity contribution in [2.45, 2.75) is 46.6 Å². The summed E-state index contributed by atoms with van der Waals surface area (Å²) in [5.41, 5.74) is 1.21. The van der Waals surface area contributed by atoms with Gasteiger partial charge in [0.25, 0.3) is 0 Å². The van der Waals surface area contributed by atoms with Crippen LogP contribution in [0.5, 0.6) is 0 Å². The SMILES string of the molecule is CCNC(=NCc1ccnc(N2CCN(CC)CC2)c1)NCCCN1CCC(C)CC1. The summed E-state index contributed by atoms with van der Waals surface area (Å²) in [5, 5.41) is 6.89. The van der Waals surface area contributed by atoms with Crippen molar-refractivity contribution in [1.82, 2.24) is 25.4 Å². The summed E-state index contributed by atoms with van der Waals surface area (Å²) in [6, 6.07) is 4.28. The van der Waals surface area contributed by atoms with E-state index < -0.39 is 0 Å². The molecule has 0 amide bonds. The Balaban J connectivity index is 1.45. The van der Waals surface area contributed by atoms with Crippen LogP contribution in [0.4, 0.5) is 5.82 Å². The van der Waals surface area contributed by atoms with Crippen molar-refractivity contribution in [3.63, 3.8) is 0 Å². The molecule has 31 heavy (non-hydrogen) atoms. The highest BCUT2D eigenvalue weighted by molar-refractivity contribution is 5.79. The average molecular weight is 430 g/mol. The highest BCUT2D eigenvalue weighted by Crippen LogP contribution is 2.16. The number of piperazine rings is 1. The Labute approximate surface area is 189 Å². The lowest BCUT2D eigenvalue weighted by Crippen LogP contribution is -2.46. The number of piperidine rings is 1. The van der Waals surface area contributed by atoms with E-state index in [1.165, 1.54) is 38.0 Å². The van der Waals surface area contributed by atoms with Crippen molar-refractivity contribution in [2.24, 2.45) is 10.9 Å². The molecule has 2 fully saturated rings. The van der Waals surface area contributed by atoms with Crippen LogP contribution in [0, 0.1) is 5.92 Å². The van der Waals surface area contributed by atoms with Crippen LogP contribution in [0.2, 0.25) is 0 Å². The fourth-order valence-electron chi connectivity index (χ4n) is 4.33. The summed E-state index contributed by atoms with van der Waals surface area (Å²) in [4.78, 5) is 16.9. The van der Waals surface area contributed by atoms with Crippen LogP contribution in [-0.4, -0.2) is 86.2 Å². The molecule has 2 saturated heterocycles. The van der Waals surface area contributed by atoms with Gasteiger partial charge in [-0.1, -0.05) is 13.8 Å². The Bertz CT molecular complexity index is 662. The Hall–Kier alpha value is -1.86. The number of nitrogens with one attached hydrogen (secondary N) is 2. The van der Waals surface area contributed by atoms with Gasteiger partial charge >= 0.3 is 0 Å². The smallest absolute Gasteiger partial charge is 0.191 e. The van der Waals surface area contributed by atoms with Gasteiger partial charge in [0.1, 0.15) is 5.82 Å². The maximum atomic E-state index is 4.82. The normalized spacial score (nSPS) is 19.6. The van der Waals surface area contributed by atoms with Crippen LogP contribution in [0.15, 0.2) is 23.3 Å². The Morgan fingerprint density at radius 3 is 2.55 bits per heavy atom. The summed E-state index contributed by atoms with van der Waals surface area (Å²) >= 11 is 0. The summed E-state index contributed by atoms with van der Waals surface area (Å²) in [5.74, 6) is 2.89. The molecule has 1 aromatic rings. The molecule has 0 unspecified atom stereocenters. The van der Waals surface area contributed by atoms with Crippen molar-refractivity contribution in [1.29, 1.82) is 0 Å². The zero-order valence-corrected chi connectivity index (χ0v) is 19.9. The summed E-state index contributed by atoms with van der Waals surface area (Å²) in [6.45, 7) is 18.4. The van der Waals surface area contributed by atoms with Crippen LogP contribution < -0.4 is 15.5 Å². The first-order chi connectivity index (χ1) is 15.2. The van der Waals surface area contributed by atoms with E-state index in [9.17, 15) is 0 Å². The molecule has 2 aliphatic heterocycles. The van der Waals surface area contributed by atoms with E-state index in [0.717, 1.165) is 69.9 Å². The molecule has 0 atom stereocenters. The number of guanidine groups is 1. The van der Waals surface area contributed by atoms with Gasteiger partial charge in [-0.05, 0) is 76.0 Å². The van der Waals surface area contributed by atoms with Crippen molar-refractivity contribution in [2.75, 3.05) is 70.3 Å². The van der Waals surface area contributed by atoms with Gasteiger partial charge in [0.2, 0.25) is 0 Å². The van der Waals surface area contributed by atoms with Crippen LogP contribution in [-0.2, 0) is 6.54 Å². The number of likely N-dealkylation sites (tertiary alicyclic amines) is 1. The number of rotatable bonds is 9. The van der Waals surface area contributed by atoms with Gasteiger partial charge in [0.15, 0.2) is 5.96 Å². The molecule has 3 heterocycles. The van der Waals surface area contributed by atoms with Crippen LogP contribution in [0.3, 0.4) is 0 Å². The second-order valence-electron chi connectivity index (χ2n) is 8.94. The molecule has 0 bridgehead atoms. The third-order valence-corrected chi connectivity index (χ3v) is 6.54. The highest BCUT2D eigenvalue weighted by atomic mass is 15.3. The predicted octanol–water partition coefficient (Wildman–Crippen LogP) is 2.40. The lowest BCUT2D eigenvalue weighted by atomic mass is 9.99. The third kappa shape index (κ3) is 7.96. The zero-order chi connectivity index (χ0) is 21.9. The number of nitrogens with zero attached hydrogens (tertiary/aromatic N) is 5. The molecule has 7 heteroatoms. The van der Waals surface area contributed by atoms with E-state index in [2.05, 4.69) is 63.2 Å². The third-order valence-electron chi connectivity index (χ3n) is 6.54. The minimum atomic E-state index is 0.670. The molecule has 0 aliphatic carbocycles. The van der Waals surface area contributed by atoms with Crippen molar-refractivity contribution in [3.05, 3.63) is 23.9 Å². The number of aromatic nitrogens is 1. The van der Waals surface area contributed by atoms with E-state index in [1.807, 2.05) is 6.20 Å². The van der Waals surface area contributed by atoms with Crippen LogP contribution in [0.25, 0.3) is 0 Å². The van der Waals surface area contributed by atoms with Gasteiger partial charge < -0.3 is 25.3 Å². The predicted molar refractivity (Wildman–Crippen MR) is 131 cm³/mol. The van der Waals surface area contributed by atoms with Gasteiger partial charge in [-0.15, -0.1) is 0 Å². The maximum Gasteiger partial charge on any atom is 0.191 e. The minimum absolute atomic E-state index is 0.670. The number of anilines is 1. The Kier molecular flexibility index (Phi) is 9.87. The first-order valence-corrected chi connectivity index (χ1v) is 12.3. The largest absolute Gasteiger partial charge is 0.357 e. The Morgan fingerprint density at radius 1 is 1.06 bits per heavy atom. The van der Waals surface area contributed by atoms with Crippen LogP contribution >= 0.6 is 0 Å². The number of likely N-dealkylation sites (N-methyl/N-ethyl adjacent to an activating group) is 1. The number of aliphatic imine (C=N–C) groups is 1. The van der Waals surface area contributed by atoms with Crippen molar-refractivity contribution >= 4 is 11.8 Å². The first-order valence-electron chi connectivity index (χ1n) is 12.3. The van der Waals surface area contributed by atoms with Gasteiger partial charge in [0, 0.05) is 45.5 Å².